The van der Waals surface area contributed by atoms with Crippen LogP contribution in [0.3, 0.4) is 0 Å². The molecule has 1 saturated heterocycles. The number of piperidine rings is 1. The van der Waals surface area contributed by atoms with Crippen molar-refractivity contribution in [1.82, 2.24) is 4.98 Å². The fraction of sp³-hybridized carbons (Fsp3) is 0.385. The first-order valence-corrected chi connectivity index (χ1v) is 12.9. The molecule has 180 valence electrons. The number of hydrogen-bond donors (Lipinski definition) is 0. The van der Waals surface area contributed by atoms with E-state index in [1.807, 2.05) is 36.9 Å². The van der Waals surface area contributed by atoms with Gasteiger partial charge in [0, 0.05) is 24.7 Å². The van der Waals surface area contributed by atoms with Gasteiger partial charge < -0.3 is 14.4 Å². The number of esters is 1. The van der Waals surface area contributed by atoms with Crippen molar-refractivity contribution >= 4 is 32.4 Å². The Morgan fingerprint density at radius 3 is 2.65 bits per heavy atom. The van der Waals surface area contributed by atoms with Crippen LogP contribution < -0.4 is 9.64 Å². The average Bonchev–Trinajstić information content (AvgIpc) is 2.84. The van der Waals surface area contributed by atoms with Crippen LogP contribution in [-0.4, -0.2) is 46.2 Å². The molecule has 0 N–H and O–H groups in total. The molecule has 8 heteroatoms. The minimum atomic E-state index is -3.88. The molecule has 0 amide bonds. The largest absolute Gasteiger partial charge is 0.497 e. The van der Waals surface area contributed by atoms with Crippen LogP contribution in [0.15, 0.2) is 52.4 Å². The van der Waals surface area contributed by atoms with E-state index in [2.05, 4.69) is 4.98 Å². The second-order valence-corrected chi connectivity index (χ2v) is 10.6. The first kappa shape index (κ1) is 24.0. The molecule has 0 spiro atoms. The summed E-state index contributed by atoms with van der Waals surface area (Å²) in [5, 5.41) is 0.675. The van der Waals surface area contributed by atoms with E-state index in [9.17, 15) is 13.2 Å². The van der Waals surface area contributed by atoms with Crippen molar-refractivity contribution in [2.45, 2.75) is 43.4 Å². The summed E-state index contributed by atoms with van der Waals surface area (Å²) in [6.07, 6.45) is 2.89. The van der Waals surface area contributed by atoms with E-state index in [1.165, 1.54) is 6.20 Å². The number of aryl methyl sites for hydroxylation is 2. The van der Waals surface area contributed by atoms with E-state index < -0.39 is 9.84 Å². The SMILES string of the molecule is CCOC(=O)C1CCCN(c2c(S(=O)(=O)c3ccc(C)c(C)c3)cnc3ccc(OC)cc23)C1. The molecule has 7 nitrogen and oxygen atoms in total. The normalized spacial score (nSPS) is 16.5. The Balaban J connectivity index is 1.91. The standard InChI is InChI=1S/C26H30N2O5S/c1-5-33-26(29)19-7-6-12-28(16-19)25-22-14-20(32-4)9-11-23(22)27-15-24(25)34(30,31)21-10-8-17(2)18(3)13-21/h8-11,13-15,19H,5-7,12,16H2,1-4H3. The summed E-state index contributed by atoms with van der Waals surface area (Å²) in [6, 6.07) is 10.6. The third kappa shape index (κ3) is 4.46. The molecule has 1 aliphatic rings. The van der Waals surface area contributed by atoms with Crippen LogP contribution in [0.1, 0.15) is 30.9 Å². The Bertz CT molecular complexity index is 1340. The highest BCUT2D eigenvalue weighted by Crippen LogP contribution is 2.39. The molecule has 0 aliphatic carbocycles. The summed E-state index contributed by atoms with van der Waals surface area (Å²) in [7, 11) is -2.31. The van der Waals surface area contributed by atoms with E-state index in [0.717, 1.165) is 17.5 Å². The second kappa shape index (κ2) is 9.62. The van der Waals surface area contributed by atoms with Crippen molar-refractivity contribution in [3.8, 4) is 5.75 Å². The van der Waals surface area contributed by atoms with Crippen LogP contribution in [-0.2, 0) is 19.4 Å². The predicted molar refractivity (Wildman–Crippen MR) is 131 cm³/mol. The molecule has 2 aromatic carbocycles. The highest BCUT2D eigenvalue weighted by Gasteiger charge is 2.32. The topological polar surface area (TPSA) is 85.8 Å². The van der Waals surface area contributed by atoms with Crippen molar-refractivity contribution < 1.29 is 22.7 Å². The number of sulfone groups is 1. The first-order chi connectivity index (χ1) is 16.3. The van der Waals surface area contributed by atoms with Crippen LogP contribution in [0.2, 0.25) is 0 Å². The number of hydrogen-bond acceptors (Lipinski definition) is 7. The Hall–Kier alpha value is -3.13. The maximum Gasteiger partial charge on any atom is 0.310 e. The Labute approximate surface area is 200 Å². The number of ether oxygens (including phenoxy) is 2. The molecule has 0 radical (unpaired) electrons. The van der Waals surface area contributed by atoms with Gasteiger partial charge in [-0.1, -0.05) is 6.07 Å². The van der Waals surface area contributed by atoms with Crippen LogP contribution in [0.25, 0.3) is 10.9 Å². The number of carbonyl (C=O) groups excluding carboxylic acids is 1. The zero-order valence-corrected chi connectivity index (χ0v) is 20.8. The number of fused-ring (bicyclic) bond motifs is 1. The number of anilines is 1. The lowest BCUT2D eigenvalue weighted by Crippen LogP contribution is -2.40. The lowest BCUT2D eigenvalue weighted by Gasteiger charge is -2.35. The Morgan fingerprint density at radius 1 is 1.15 bits per heavy atom. The van der Waals surface area contributed by atoms with Gasteiger partial charge in [0.1, 0.15) is 10.6 Å². The van der Waals surface area contributed by atoms with Crippen molar-refractivity contribution in [1.29, 1.82) is 0 Å². The number of nitrogens with zero attached hydrogens (tertiary/aromatic N) is 2. The van der Waals surface area contributed by atoms with Gasteiger partial charge in [-0.05, 0) is 75.1 Å². The molecule has 1 aliphatic heterocycles. The molecule has 4 rings (SSSR count). The fourth-order valence-corrected chi connectivity index (χ4v) is 5.95. The summed E-state index contributed by atoms with van der Waals surface area (Å²) in [5.41, 5.74) is 3.14. The monoisotopic (exact) mass is 482 g/mol. The molecule has 2 heterocycles. The van der Waals surface area contributed by atoms with Crippen molar-refractivity contribution in [2.24, 2.45) is 5.92 Å². The second-order valence-electron chi connectivity index (χ2n) is 8.64. The van der Waals surface area contributed by atoms with E-state index in [0.29, 0.717) is 48.5 Å². The summed E-state index contributed by atoms with van der Waals surface area (Å²) in [5.74, 6) is 0.0386. The predicted octanol–water partition coefficient (Wildman–Crippen LogP) is 4.47. The van der Waals surface area contributed by atoms with E-state index in [-0.39, 0.29) is 21.7 Å². The number of aromatic nitrogens is 1. The van der Waals surface area contributed by atoms with Gasteiger partial charge in [-0.25, -0.2) is 8.42 Å². The van der Waals surface area contributed by atoms with E-state index in [4.69, 9.17) is 9.47 Å². The highest BCUT2D eigenvalue weighted by molar-refractivity contribution is 7.91. The number of rotatable bonds is 6. The molecule has 1 fully saturated rings. The van der Waals surface area contributed by atoms with Gasteiger partial charge in [0.2, 0.25) is 9.84 Å². The Kier molecular flexibility index (Phi) is 6.79. The van der Waals surface area contributed by atoms with Crippen LogP contribution in [0.5, 0.6) is 5.75 Å². The van der Waals surface area contributed by atoms with E-state index in [1.54, 1.807) is 32.2 Å². The van der Waals surface area contributed by atoms with Gasteiger partial charge in [-0.3, -0.25) is 9.78 Å². The third-order valence-electron chi connectivity index (χ3n) is 6.45. The molecule has 1 aromatic heterocycles. The minimum Gasteiger partial charge on any atom is -0.497 e. The average molecular weight is 483 g/mol. The van der Waals surface area contributed by atoms with Crippen LogP contribution >= 0.6 is 0 Å². The Morgan fingerprint density at radius 2 is 1.94 bits per heavy atom. The van der Waals surface area contributed by atoms with Crippen molar-refractivity contribution in [3.63, 3.8) is 0 Å². The summed E-state index contributed by atoms with van der Waals surface area (Å²) < 4.78 is 38.5. The number of pyridine rings is 1. The van der Waals surface area contributed by atoms with Gasteiger partial charge in [0.15, 0.2) is 0 Å². The van der Waals surface area contributed by atoms with Gasteiger partial charge >= 0.3 is 5.97 Å². The zero-order chi connectivity index (χ0) is 24.5. The van der Waals surface area contributed by atoms with Gasteiger partial charge in [-0.2, -0.15) is 0 Å². The molecule has 3 aromatic rings. The van der Waals surface area contributed by atoms with Gasteiger partial charge in [-0.15, -0.1) is 0 Å². The quantitative estimate of drug-likeness (QED) is 0.479. The summed E-state index contributed by atoms with van der Waals surface area (Å²) >= 11 is 0. The molecular formula is C26H30N2O5S. The number of carbonyl (C=O) groups is 1. The van der Waals surface area contributed by atoms with Gasteiger partial charge in [0.05, 0.1) is 35.7 Å². The molecular weight excluding hydrogens is 452 g/mol. The fourth-order valence-electron chi connectivity index (χ4n) is 4.43. The van der Waals surface area contributed by atoms with Crippen LogP contribution in [0, 0.1) is 19.8 Å². The molecule has 34 heavy (non-hydrogen) atoms. The lowest BCUT2D eigenvalue weighted by molar-refractivity contribution is -0.148. The summed E-state index contributed by atoms with van der Waals surface area (Å²) in [6.45, 7) is 6.95. The number of methoxy groups -OCH3 is 1. The van der Waals surface area contributed by atoms with Crippen molar-refractivity contribution in [2.75, 3.05) is 31.7 Å². The zero-order valence-electron chi connectivity index (χ0n) is 20.0. The maximum absolute atomic E-state index is 13.9. The minimum absolute atomic E-state index is 0.126. The number of benzene rings is 2. The molecule has 1 atom stereocenters. The lowest BCUT2D eigenvalue weighted by atomic mass is 9.97. The van der Waals surface area contributed by atoms with E-state index >= 15 is 0 Å². The van der Waals surface area contributed by atoms with Crippen molar-refractivity contribution in [3.05, 3.63) is 53.7 Å². The first-order valence-electron chi connectivity index (χ1n) is 11.5. The molecule has 1 unspecified atom stereocenters. The van der Waals surface area contributed by atoms with Crippen LogP contribution in [0.4, 0.5) is 5.69 Å². The molecule has 0 bridgehead atoms. The molecule has 0 saturated carbocycles. The summed E-state index contributed by atoms with van der Waals surface area (Å²) in [4.78, 5) is 19.3. The third-order valence-corrected chi connectivity index (χ3v) is 8.20. The smallest absolute Gasteiger partial charge is 0.310 e. The highest BCUT2D eigenvalue weighted by atomic mass is 32.2. The van der Waals surface area contributed by atoms with Gasteiger partial charge in [0.25, 0.3) is 0 Å². The maximum atomic E-state index is 13.9.